The largest absolute Gasteiger partial charge is 0.455 e. The predicted molar refractivity (Wildman–Crippen MR) is 153 cm³/mol. The molecule has 0 aromatic carbocycles. The van der Waals surface area contributed by atoms with Gasteiger partial charge in [-0.05, 0) is 85.5 Å². The number of hydrogen-bond acceptors (Lipinski definition) is 14. The summed E-state index contributed by atoms with van der Waals surface area (Å²) in [6, 6.07) is 0. The number of ether oxygens (including phenoxy) is 5. The molecule has 17 atom stereocenters. The lowest BCUT2D eigenvalue weighted by Crippen LogP contribution is -2.63. The molecule has 1 spiro atoms. The standard InChI is InChI=1S/C32H48O14/c1-30-6-5-17-15(8-21(35)43-17)16(30)4-7-31-9-14(2-3-20(30)31)32(12-31,13-34)46-29-27(41)25(39)23(37)19(45-29)11-42-28-26(40)24(38)22(36)18(10-33)44-28/h8,14,16-20,22-29,33-34,36-41H,2-7,9-13H2,1H3. The van der Waals surface area contributed by atoms with Crippen LogP contribution in [0.4, 0.5) is 0 Å². The second-order valence-corrected chi connectivity index (χ2v) is 15.2. The molecule has 4 aliphatic carbocycles. The number of esters is 1. The Kier molecular flexibility index (Phi) is 8.64. The Bertz CT molecular complexity index is 1200. The van der Waals surface area contributed by atoms with Gasteiger partial charge in [0.2, 0.25) is 0 Å². The first-order valence-corrected chi connectivity index (χ1v) is 16.7. The molecule has 0 radical (unpaired) electrons. The van der Waals surface area contributed by atoms with Gasteiger partial charge in [0.05, 0.1) is 25.4 Å². The van der Waals surface area contributed by atoms with E-state index in [0.29, 0.717) is 12.3 Å². The first kappa shape index (κ1) is 33.2. The molecule has 0 aromatic rings. The van der Waals surface area contributed by atoms with E-state index in [2.05, 4.69) is 6.92 Å². The lowest BCUT2D eigenvalue weighted by atomic mass is 9.44. The van der Waals surface area contributed by atoms with E-state index < -0.39 is 80.2 Å². The molecule has 260 valence electrons. The summed E-state index contributed by atoms with van der Waals surface area (Å²) in [6.07, 6.45) is -6.92. The Morgan fingerprint density at radius 3 is 2.26 bits per heavy atom. The van der Waals surface area contributed by atoms with Crippen LogP contribution in [0.2, 0.25) is 0 Å². The molecule has 3 heterocycles. The van der Waals surface area contributed by atoms with E-state index in [4.69, 9.17) is 23.7 Å². The molecule has 3 aliphatic heterocycles. The fraction of sp³-hybridized carbons (Fsp3) is 0.906. The van der Waals surface area contributed by atoms with Crippen molar-refractivity contribution in [3.8, 4) is 0 Å². The van der Waals surface area contributed by atoms with Gasteiger partial charge in [-0.25, -0.2) is 4.79 Å². The van der Waals surface area contributed by atoms with Gasteiger partial charge in [-0.1, -0.05) is 6.92 Å². The van der Waals surface area contributed by atoms with Gasteiger partial charge >= 0.3 is 5.97 Å². The molecule has 17 unspecified atom stereocenters. The van der Waals surface area contributed by atoms with Gasteiger partial charge in [-0.3, -0.25) is 0 Å². The zero-order chi connectivity index (χ0) is 32.8. The monoisotopic (exact) mass is 656 g/mol. The fourth-order valence-electron chi connectivity index (χ4n) is 10.7. The Labute approximate surface area is 266 Å². The molecule has 6 fully saturated rings. The topological polar surface area (TPSA) is 225 Å². The van der Waals surface area contributed by atoms with Gasteiger partial charge in [0, 0.05) is 6.08 Å². The number of fused-ring (bicyclic) bond motifs is 5. The summed E-state index contributed by atoms with van der Waals surface area (Å²) in [7, 11) is 0. The minimum absolute atomic E-state index is 0.0237. The predicted octanol–water partition coefficient (Wildman–Crippen LogP) is -1.77. The quantitative estimate of drug-likeness (QED) is 0.142. The third-order valence-electron chi connectivity index (χ3n) is 12.9. The molecule has 7 rings (SSSR count). The highest BCUT2D eigenvalue weighted by Crippen LogP contribution is 2.72. The molecule has 2 saturated heterocycles. The van der Waals surface area contributed by atoms with E-state index in [0.717, 1.165) is 50.5 Å². The Hall–Kier alpha value is -1.27. The lowest BCUT2D eigenvalue weighted by Gasteiger charge is -2.60. The van der Waals surface area contributed by atoms with Crippen LogP contribution in [-0.2, 0) is 28.5 Å². The van der Waals surface area contributed by atoms with E-state index in [9.17, 15) is 45.6 Å². The zero-order valence-corrected chi connectivity index (χ0v) is 26.0. The molecule has 4 saturated carbocycles. The van der Waals surface area contributed by atoms with Crippen LogP contribution in [0.5, 0.6) is 0 Å². The summed E-state index contributed by atoms with van der Waals surface area (Å²) < 4.78 is 29.0. The van der Waals surface area contributed by atoms with Crippen molar-refractivity contribution in [1.82, 2.24) is 0 Å². The molecule has 8 N–H and O–H groups in total. The SMILES string of the molecule is CC12CCC3OC(=O)C=C3C1CCC13CC(CCC12)C(CO)(OC1OC(COC2OC(CO)C(O)C(O)C2O)C(O)C(O)C1O)C3. The first-order chi connectivity index (χ1) is 21.9. The lowest BCUT2D eigenvalue weighted by molar-refractivity contribution is -0.349. The van der Waals surface area contributed by atoms with Crippen LogP contribution in [0.1, 0.15) is 58.3 Å². The summed E-state index contributed by atoms with van der Waals surface area (Å²) >= 11 is 0. The van der Waals surface area contributed by atoms with Gasteiger partial charge in [0.15, 0.2) is 12.6 Å². The summed E-state index contributed by atoms with van der Waals surface area (Å²) in [6.45, 7) is 0.916. The van der Waals surface area contributed by atoms with Gasteiger partial charge in [0.25, 0.3) is 0 Å². The summed E-state index contributed by atoms with van der Waals surface area (Å²) in [5.74, 6) is 0.329. The van der Waals surface area contributed by atoms with Gasteiger partial charge in [-0.2, -0.15) is 0 Å². The minimum atomic E-state index is -1.68. The van der Waals surface area contributed by atoms with Crippen LogP contribution in [-0.4, -0.2) is 140 Å². The number of rotatable bonds is 7. The second-order valence-electron chi connectivity index (χ2n) is 15.2. The highest BCUT2D eigenvalue weighted by atomic mass is 16.7. The van der Waals surface area contributed by atoms with E-state index in [1.807, 2.05) is 0 Å². The minimum Gasteiger partial charge on any atom is -0.455 e. The van der Waals surface area contributed by atoms with Gasteiger partial charge in [0.1, 0.15) is 54.9 Å². The van der Waals surface area contributed by atoms with Crippen molar-refractivity contribution < 1.29 is 69.3 Å². The maximum Gasteiger partial charge on any atom is 0.331 e. The Morgan fingerprint density at radius 1 is 0.848 bits per heavy atom. The number of aliphatic hydroxyl groups excluding tert-OH is 8. The summed E-state index contributed by atoms with van der Waals surface area (Å²) in [5, 5.41) is 83.3. The number of hydrogen-bond donors (Lipinski definition) is 8. The summed E-state index contributed by atoms with van der Waals surface area (Å²) in [4.78, 5) is 12.1. The van der Waals surface area contributed by atoms with Crippen LogP contribution < -0.4 is 0 Å². The van der Waals surface area contributed by atoms with Crippen LogP contribution in [0.25, 0.3) is 0 Å². The third kappa shape index (κ3) is 5.02. The molecule has 46 heavy (non-hydrogen) atoms. The van der Waals surface area contributed by atoms with E-state index >= 15 is 0 Å². The van der Waals surface area contributed by atoms with Crippen molar-refractivity contribution >= 4 is 5.97 Å². The van der Waals surface area contributed by atoms with Crippen LogP contribution in [0.3, 0.4) is 0 Å². The number of carbonyl (C=O) groups excluding carboxylic acids is 1. The number of aliphatic hydroxyl groups is 8. The maximum absolute atomic E-state index is 12.1. The van der Waals surface area contributed by atoms with Crippen LogP contribution >= 0.6 is 0 Å². The molecule has 0 aromatic heterocycles. The second kappa shape index (κ2) is 12.0. The fourth-order valence-corrected chi connectivity index (χ4v) is 10.7. The molecule has 7 aliphatic rings. The molecule has 14 nitrogen and oxygen atoms in total. The average Bonchev–Trinajstić information content (AvgIpc) is 3.53. The number of carbonyl (C=O) groups is 1. The first-order valence-electron chi connectivity index (χ1n) is 16.7. The van der Waals surface area contributed by atoms with E-state index in [-0.39, 0.29) is 41.3 Å². The summed E-state index contributed by atoms with van der Waals surface area (Å²) in [5.41, 5.74) is -0.0745. The van der Waals surface area contributed by atoms with Crippen molar-refractivity contribution in [2.24, 2.45) is 28.6 Å². The van der Waals surface area contributed by atoms with E-state index in [1.165, 1.54) is 0 Å². The highest BCUT2D eigenvalue weighted by molar-refractivity contribution is 5.86. The third-order valence-corrected chi connectivity index (χ3v) is 12.9. The molecule has 14 heteroatoms. The van der Waals surface area contributed by atoms with Crippen molar-refractivity contribution in [3.05, 3.63) is 11.6 Å². The molecular weight excluding hydrogens is 608 g/mol. The Morgan fingerprint density at radius 2 is 1.54 bits per heavy atom. The van der Waals surface area contributed by atoms with Crippen molar-refractivity contribution in [2.45, 2.75) is 131 Å². The average molecular weight is 657 g/mol. The highest BCUT2D eigenvalue weighted by Gasteiger charge is 2.68. The van der Waals surface area contributed by atoms with Gasteiger partial charge < -0.3 is 64.5 Å². The Balaban J connectivity index is 1.07. The maximum atomic E-state index is 12.1. The van der Waals surface area contributed by atoms with E-state index in [1.54, 1.807) is 6.08 Å². The zero-order valence-electron chi connectivity index (χ0n) is 26.0. The molecule has 2 bridgehead atoms. The van der Waals surface area contributed by atoms with Crippen molar-refractivity contribution in [3.63, 3.8) is 0 Å². The van der Waals surface area contributed by atoms with Gasteiger partial charge in [-0.15, -0.1) is 0 Å². The van der Waals surface area contributed by atoms with Crippen LogP contribution in [0, 0.1) is 28.6 Å². The van der Waals surface area contributed by atoms with Crippen molar-refractivity contribution in [1.29, 1.82) is 0 Å². The van der Waals surface area contributed by atoms with Crippen molar-refractivity contribution in [2.75, 3.05) is 19.8 Å². The molecular formula is C32H48O14. The molecule has 0 amide bonds. The smallest absolute Gasteiger partial charge is 0.331 e. The van der Waals surface area contributed by atoms with Crippen LogP contribution in [0.15, 0.2) is 11.6 Å². The normalized spacial score (nSPS) is 54.8.